The van der Waals surface area contributed by atoms with Gasteiger partial charge in [0, 0.05) is 55.4 Å². The average molecular weight is 424 g/mol. The molecule has 31 heavy (non-hydrogen) atoms. The Balaban J connectivity index is 1.58. The SMILES string of the molecule is CC(C)N1C(=O)N(C2CCC(N)CC2)Cc2cnc(Nc3ccc(N(C)C)cc3)nc21. The van der Waals surface area contributed by atoms with Gasteiger partial charge in [-0.1, -0.05) is 0 Å². The second-order valence-electron chi connectivity index (χ2n) is 9.05. The summed E-state index contributed by atoms with van der Waals surface area (Å²) in [7, 11) is 4.02. The largest absolute Gasteiger partial charge is 0.378 e. The zero-order valence-corrected chi connectivity index (χ0v) is 18.9. The monoisotopic (exact) mass is 423 g/mol. The van der Waals surface area contributed by atoms with Crippen molar-refractivity contribution in [1.82, 2.24) is 14.9 Å². The van der Waals surface area contributed by atoms with Crippen LogP contribution in [0.1, 0.15) is 45.1 Å². The number of nitrogens with two attached hydrogens (primary N) is 1. The third-order valence-electron chi connectivity index (χ3n) is 6.20. The molecular weight excluding hydrogens is 390 g/mol. The van der Waals surface area contributed by atoms with Crippen LogP contribution in [-0.2, 0) is 6.54 Å². The molecule has 0 atom stereocenters. The topological polar surface area (TPSA) is 90.6 Å². The fourth-order valence-corrected chi connectivity index (χ4v) is 4.39. The minimum absolute atomic E-state index is 0.00187. The van der Waals surface area contributed by atoms with Crippen LogP contribution in [0, 0.1) is 0 Å². The highest BCUT2D eigenvalue weighted by atomic mass is 16.2. The van der Waals surface area contributed by atoms with E-state index in [1.165, 1.54) is 0 Å². The predicted molar refractivity (Wildman–Crippen MR) is 125 cm³/mol. The lowest BCUT2D eigenvalue weighted by molar-refractivity contribution is 0.147. The van der Waals surface area contributed by atoms with Gasteiger partial charge in [0.2, 0.25) is 5.95 Å². The zero-order chi connectivity index (χ0) is 22.1. The summed E-state index contributed by atoms with van der Waals surface area (Å²) < 4.78 is 0. The molecule has 0 radical (unpaired) electrons. The molecule has 4 rings (SSSR count). The molecule has 1 saturated carbocycles. The van der Waals surface area contributed by atoms with Crippen LogP contribution >= 0.6 is 0 Å². The lowest BCUT2D eigenvalue weighted by Gasteiger charge is -2.43. The van der Waals surface area contributed by atoms with E-state index in [-0.39, 0.29) is 24.2 Å². The number of hydrogen-bond donors (Lipinski definition) is 2. The van der Waals surface area contributed by atoms with Crippen molar-refractivity contribution in [1.29, 1.82) is 0 Å². The standard InChI is InChI=1S/C23H33N7O/c1-15(2)30-21-16(14-29(23(30)31)20-9-5-17(24)6-10-20)13-25-22(27-21)26-18-7-11-19(12-8-18)28(3)4/h7-8,11-13,15,17,20H,5-6,9-10,14,24H2,1-4H3,(H,25,26,27). The molecule has 2 amide bonds. The number of urea groups is 1. The van der Waals surface area contributed by atoms with E-state index in [1.54, 1.807) is 4.90 Å². The van der Waals surface area contributed by atoms with Gasteiger partial charge in [0.1, 0.15) is 5.82 Å². The number of aromatic nitrogens is 2. The molecule has 8 heteroatoms. The minimum Gasteiger partial charge on any atom is -0.378 e. The summed E-state index contributed by atoms with van der Waals surface area (Å²) in [6, 6.07) is 8.60. The number of rotatable bonds is 5. The molecule has 1 fully saturated rings. The molecule has 1 aliphatic carbocycles. The smallest absolute Gasteiger partial charge is 0.326 e. The minimum atomic E-state index is 0.00187. The maximum atomic E-state index is 13.4. The highest BCUT2D eigenvalue weighted by Gasteiger charge is 2.38. The number of benzene rings is 1. The van der Waals surface area contributed by atoms with Gasteiger partial charge in [0.25, 0.3) is 0 Å². The molecule has 1 aromatic carbocycles. The molecule has 0 bridgehead atoms. The number of nitrogens with one attached hydrogen (secondary N) is 1. The summed E-state index contributed by atoms with van der Waals surface area (Å²) in [6.07, 6.45) is 5.70. The second kappa shape index (κ2) is 8.70. The summed E-state index contributed by atoms with van der Waals surface area (Å²) in [6.45, 7) is 4.60. The Labute approximate surface area is 184 Å². The Morgan fingerprint density at radius 3 is 2.42 bits per heavy atom. The van der Waals surface area contributed by atoms with Crippen molar-refractivity contribution in [2.24, 2.45) is 5.73 Å². The quantitative estimate of drug-likeness (QED) is 0.762. The molecule has 0 unspecified atom stereocenters. The molecule has 0 spiro atoms. The molecule has 2 aliphatic rings. The van der Waals surface area contributed by atoms with E-state index >= 15 is 0 Å². The number of nitrogens with zero attached hydrogens (tertiary/aromatic N) is 5. The van der Waals surface area contributed by atoms with E-state index in [0.717, 1.165) is 42.6 Å². The Morgan fingerprint density at radius 2 is 1.81 bits per heavy atom. The van der Waals surface area contributed by atoms with Gasteiger partial charge in [-0.15, -0.1) is 0 Å². The van der Waals surface area contributed by atoms with Gasteiger partial charge in [-0.25, -0.2) is 9.78 Å². The first-order valence-electron chi connectivity index (χ1n) is 11.1. The number of fused-ring (bicyclic) bond motifs is 1. The molecule has 1 aliphatic heterocycles. The molecular formula is C23H33N7O. The summed E-state index contributed by atoms with van der Waals surface area (Å²) in [4.78, 5) is 28.5. The van der Waals surface area contributed by atoms with Crippen LogP contribution in [0.4, 0.5) is 27.9 Å². The van der Waals surface area contributed by atoms with E-state index in [0.29, 0.717) is 18.3 Å². The maximum Gasteiger partial charge on any atom is 0.326 e. The first-order valence-corrected chi connectivity index (χ1v) is 11.1. The van der Waals surface area contributed by atoms with E-state index in [1.807, 2.05) is 63.3 Å². The molecule has 8 nitrogen and oxygen atoms in total. The van der Waals surface area contributed by atoms with Gasteiger partial charge in [-0.2, -0.15) is 4.98 Å². The van der Waals surface area contributed by atoms with Gasteiger partial charge in [-0.05, 0) is 63.8 Å². The van der Waals surface area contributed by atoms with Crippen LogP contribution in [0.25, 0.3) is 0 Å². The third kappa shape index (κ3) is 4.44. The van der Waals surface area contributed by atoms with Gasteiger partial charge in [-0.3, -0.25) is 4.90 Å². The van der Waals surface area contributed by atoms with Crippen molar-refractivity contribution in [3.05, 3.63) is 36.0 Å². The number of hydrogen-bond acceptors (Lipinski definition) is 6. The number of anilines is 4. The van der Waals surface area contributed by atoms with Crippen LogP contribution in [0.2, 0.25) is 0 Å². The highest BCUT2D eigenvalue weighted by molar-refractivity contribution is 5.94. The van der Waals surface area contributed by atoms with Crippen molar-refractivity contribution < 1.29 is 4.79 Å². The van der Waals surface area contributed by atoms with Crippen LogP contribution in [-0.4, -0.2) is 53.1 Å². The Morgan fingerprint density at radius 1 is 1.13 bits per heavy atom. The summed E-state index contributed by atoms with van der Waals surface area (Å²) in [5.74, 6) is 1.19. The Kier molecular flexibility index (Phi) is 6.00. The third-order valence-corrected chi connectivity index (χ3v) is 6.20. The lowest BCUT2D eigenvalue weighted by atomic mass is 9.90. The van der Waals surface area contributed by atoms with E-state index in [9.17, 15) is 4.79 Å². The van der Waals surface area contributed by atoms with Gasteiger partial charge < -0.3 is 20.9 Å². The fraction of sp³-hybridized carbons (Fsp3) is 0.522. The van der Waals surface area contributed by atoms with Crippen molar-refractivity contribution in [2.45, 2.75) is 64.2 Å². The summed E-state index contributed by atoms with van der Waals surface area (Å²) >= 11 is 0. The van der Waals surface area contributed by atoms with Crippen molar-refractivity contribution in [3.8, 4) is 0 Å². The number of carbonyl (C=O) groups excluding carboxylic acids is 1. The van der Waals surface area contributed by atoms with Crippen LogP contribution in [0.3, 0.4) is 0 Å². The highest BCUT2D eigenvalue weighted by Crippen LogP contribution is 2.34. The van der Waals surface area contributed by atoms with E-state index in [4.69, 9.17) is 10.7 Å². The fourth-order valence-electron chi connectivity index (χ4n) is 4.39. The normalized spacial score (nSPS) is 21.3. The van der Waals surface area contributed by atoms with Crippen molar-refractivity contribution in [2.75, 3.05) is 29.2 Å². The van der Waals surface area contributed by atoms with E-state index in [2.05, 4.69) is 15.2 Å². The van der Waals surface area contributed by atoms with Crippen molar-refractivity contribution in [3.63, 3.8) is 0 Å². The van der Waals surface area contributed by atoms with Crippen LogP contribution < -0.4 is 20.9 Å². The Hall–Kier alpha value is -2.87. The molecule has 166 valence electrons. The Bertz CT molecular complexity index is 920. The summed E-state index contributed by atoms with van der Waals surface area (Å²) in [5, 5.41) is 3.27. The number of amides is 2. The van der Waals surface area contributed by atoms with Gasteiger partial charge in [0.05, 0.1) is 6.54 Å². The molecule has 2 aromatic rings. The molecule has 2 heterocycles. The van der Waals surface area contributed by atoms with Crippen LogP contribution in [0.5, 0.6) is 0 Å². The molecule has 1 aromatic heterocycles. The number of carbonyl (C=O) groups is 1. The average Bonchev–Trinajstić information content (AvgIpc) is 2.74. The lowest BCUT2D eigenvalue weighted by Crippen LogP contribution is -2.55. The predicted octanol–water partition coefficient (Wildman–Crippen LogP) is 3.71. The first-order chi connectivity index (χ1) is 14.8. The molecule has 3 N–H and O–H groups in total. The zero-order valence-electron chi connectivity index (χ0n) is 18.9. The van der Waals surface area contributed by atoms with Gasteiger partial charge >= 0.3 is 6.03 Å². The second-order valence-corrected chi connectivity index (χ2v) is 9.05. The van der Waals surface area contributed by atoms with Crippen molar-refractivity contribution >= 4 is 29.2 Å². The molecule has 0 saturated heterocycles. The summed E-state index contributed by atoms with van der Waals surface area (Å²) in [5.41, 5.74) is 9.08. The van der Waals surface area contributed by atoms with E-state index < -0.39 is 0 Å². The van der Waals surface area contributed by atoms with Gasteiger partial charge in [0.15, 0.2) is 0 Å². The first kappa shape index (κ1) is 21.4. The van der Waals surface area contributed by atoms with Crippen LogP contribution in [0.15, 0.2) is 30.5 Å². The maximum absolute atomic E-state index is 13.4.